The van der Waals surface area contributed by atoms with Crippen LogP contribution in [0, 0.1) is 5.82 Å². The summed E-state index contributed by atoms with van der Waals surface area (Å²) in [6, 6.07) is 6.70. The second kappa shape index (κ2) is 6.15. The molecule has 3 nitrogen and oxygen atoms in total. The lowest BCUT2D eigenvalue weighted by atomic mass is 9.91. The van der Waals surface area contributed by atoms with Gasteiger partial charge < -0.3 is 11.1 Å². The Morgan fingerprint density at radius 3 is 2.68 bits per heavy atom. The summed E-state index contributed by atoms with van der Waals surface area (Å²) in [5, 5.41) is 3.04. The molecule has 1 aliphatic carbocycles. The molecule has 2 rings (SSSR count). The van der Waals surface area contributed by atoms with E-state index in [-0.39, 0.29) is 29.7 Å². The van der Waals surface area contributed by atoms with Gasteiger partial charge >= 0.3 is 0 Å². The van der Waals surface area contributed by atoms with Crippen LogP contribution in [-0.4, -0.2) is 18.0 Å². The number of carbonyl (C=O) groups excluding carboxylic acids is 1. The van der Waals surface area contributed by atoms with Crippen molar-refractivity contribution >= 4 is 5.91 Å². The summed E-state index contributed by atoms with van der Waals surface area (Å²) in [5.41, 5.74) is 6.55. The summed E-state index contributed by atoms with van der Waals surface area (Å²) < 4.78 is 13.1. The molecule has 1 unspecified atom stereocenters. The Morgan fingerprint density at radius 2 is 2.05 bits per heavy atom. The largest absolute Gasteiger partial charge is 0.353 e. The predicted molar refractivity (Wildman–Crippen MR) is 73.2 cm³/mol. The predicted octanol–water partition coefficient (Wildman–Crippen LogP) is 2.32. The van der Waals surface area contributed by atoms with Crippen LogP contribution in [-0.2, 0) is 4.79 Å². The van der Waals surface area contributed by atoms with Gasteiger partial charge in [-0.2, -0.15) is 0 Å². The van der Waals surface area contributed by atoms with Gasteiger partial charge in [0.15, 0.2) is 0 Å². The molecule has 19 heavy (non-hydrogen) atoms. The molecular formula is C15H21FN2O. The number of amides is 1. The summed E-state index contributed by atoms with van der Waals surface area (Å²) in [6.07, 6.45) is 3.78. The molecule has 0 bridgehead atoms. The van der Waals surface area contributed by atoms with Crippen LogP contribution in [0.25, 0.3) is 0 Å². The first-order chi connectivity index (χ1) is 9.06. The minimum atomic E-state index is -0.328. The number of hydrogen-bond acceptors (Lipinski definition) is 2. The van der Waals surface area contributed by atoms with Gasteiger partial charge in [-0.15, -0.1) is 0 Å². The molecule has 0 aliphatic heterocycles. The molecule has 1 aliphatic rings. The van der Waals surface area contributed by atoms with Crippen LogP contribution in [0.1, 0.15) is 44.1 Å². The SMILES string of the molecule is CC(C(=O)NC1CCC(N)CC1)c1cccc(F)c1. The zero-order valence-electron chi connectivity index (χ0n) is 11.2. The van der Waals surface area contributed by atoms with Gasteiger partial charge in [-0.05, 0) is 50.3 Å². The summed E-state index contributed by atoms with van der Waals surface area (Å²) >= 11 is 0. The van der Waals surface area contributed by atoms with Crippen molar-refractivity contribution in [3.8, 4) is 0 Å². The van der Waals surface area contributed by atoms with E-state index in [0.717, 1.165) is 25.7 Å². The quantitative estimate of drug-likeness (QED) is 0.880. The van der Waals surface area contributed by atoms with E-state index in [2.05, 4.69) is 5.32 Å². The van der Waals surface area contributed by atoms with Crippen molar-refractivity contribution in [1.82, 2.24) is 5.32 Å². The van der Waals surface area contributed by atoms with Crippen LogP contribution in [0.4, 0.5) is 4.39 Å². The van der Waals surface area contributed by atoms with E-state index < -0.39 is 0 Å². The van der Waals surface area contributed by atoms with Gasteiger partial charge in [-0.25, -0.2) is 4.39 Å². The van der Waals surface area contributed by atoms with E-state index in [9.17, 15) is 9.18 Å². The Bertz CT molecular complexity index is 442. The van der Waals surface area contributed by atoms with Crippen LogP contribution >= 0.6 is 0 Å². The summed E-state index contributed by atoms with van der Waals surface area (Å²) in [5.74, 6) is -0.668. The summed E-state index contributed by atoms with van der Waals surface area (Å²) in [6.45, 7) is 1.80. The molecule has 0 saturated heterocycles. The lowest BCUT2D eigenvalue weighted by Gasteiger charge is -2.28. The fourth-order valence-corrected chi connectivity index (χ4v) is 2.52. The molecule has 1 saturated carbocycles. The average molecular weight is 264 g/mol. The van der Waals surface area contributed by atoms with Crippen molar-refractivity contribution in [2.45, 2.75) is 50.6 Å². The minimum Gasteiger partial charge on any atom is -0.353 e. The minimum absolute atomic E-state index is 0.0360. The lowest BCUT2D eigenvalue weighted by molar-refractivity contribution is -0.123. The molecule has 104 valence electrons. The number of rotatable bonds is 3. The third-order valence-corrected chi connectivity index (χ3v) is 3.86. The van der Waals surface area contributed by atoms with E-state index in [1.807, 2.05) is 0 Å². The third-order valence-electron chi connectivity index (χ3n) is 3.86. The number of halogens is 1. The number of nitrogens with one attached hydrogen (secondary N) is 1. The summed E-state index contributed by atoms with van der Waals surface area (Å²) in [4.78, 5) is 12.1. The summed E-state index contributed by atoms with van der Waals surface area (Å²) in [7, 11) is 0. The van der Waals surface area contributed by atoms with Crippen molar-refractivity contribution in [2.24, 2.45) is 5.73 Å². The maximum atomic E-state index is 13.1. The standard InChI is InChI=1S/C15H21FN2O/c1-10(11-3-2-4-12(16)9-11)15(19)18-14-7-5-13(17)6-8-14/h2-4,9-10,13-14H,5-8,17H2,1H3,(H,18,19). The molecule has 0 aromatic heterocycles. The van der Waals surface area contributed by atoms with E-state index in [1.165, 1.54) is 12.1 Å². The molecule has 1 atom stereocenters. The maximum Gasteiger partial charge on any atom is 0.227 e. The van der Waals surface area contributed by atoms with E-state index >= 15 is 0 Å². The number of benzene rings is 1. The zero-order valence-corrected chi connectivity index (χ0v) is 11.2. The van der Waals surface area contributed by atoms with E-state index in [1.54, 1.807) is 19.1 Å². The fourth-order valence-electron chi connectivity index (χ4n) is 2.52. The normalized spacial score (nSPS) is 24.8. The van der Waals surface area contributed by atoms with Gasteiger partial charge in [-0.1, -0.05) is 12.1 Å². The van der Waals surface area contributed by atoms with Gasteiger partial charge in [-0.3, -0.25) is 4.79 Å². The van der Waals surface area contributed by atoms with Gasteiger partial charge in [0.2, 0.25) is 5.91 Å². The zero-order chi connectivity index (χ0) is 13.8. The molecule has 0 heterocycles. The monoisotopic (exact) mass is 264 g/mol. The molecule has 0 spiro atoms. The number of nitrogens with two attached hydrogens (primary N) is 1. The molecule has 1 aromatic rings. The molecule has 0 radical (unpaired) electrons. The van der Waals surface area contributed by atoms with Gasteiger partial charge in [0.25, 0.3) is 0 Å². The smallest absolute Gasteiger partial charge is 0.227 e. The van der Waals surface area contributed by atoms with Crippen LogP contribution in [0.15, 0.2) is 24.3 Å². The molecule has 3 N–H and O–H groups in total. The number of carbonyl (C=O) groups is 1. The van der Waals surface area contributed by atoms with Crippen molar-refractivity contribution in [1.29, 1.82) is 0 Å². The van der Waals surface area contributed by atoms with Gasteiger partial charge in [0.1, 0.15) is 5.82 Å². The number of hydrogen-bond donors (Lipinski definition) is 2. The highest BCUT2D eigenvalue weighted by atomic mass is 19.1. The Labute approximate surface area is 113 Å². The molecule has 1 amide bonds. The maximum absolute atomic E-state index is 13.1. The Morgan fingerprint density at radius 1 is 1.37 bits per heavy atom. The van der Waals surface area contributed by atoms with Gasteiger partial charge in [0, 0.05) is 12.1 Å². The van der Waals surface area contributed by atoms with E-state index in [0.29, 0.717) is 5.56 Å². The highest BCUT2D eigenvalue weighted by Gasteiger charge is 2.23. The van der Waals surface area contributed by atoms with E-state index in [4.69, 9.17) is 5.73 Å². The lowest BCUT2D eigenvalue weighted by Crippen LogP contribution is -2.42. The second-order valence-electron chi connectivity index (χ2n) is 5.40. The van der Waals surface area contributed by atoms with Crippen molar-refractivity contribution in [3.05, 3.63) is 35.6 Å². The first-order valence-electron chi connectivity index (χ1n) is 6.87. The first kappa shape index (κ1) is 14.0. The van der Waals surface area contributed by atoms with Crippen LogP contribution in [0.2, 0.25) is 0 Å². The fraction of sp³-hybridized carbons (Fsp3) is 0.533. The third kappa shape index (κ3) is 3.77. The van der Waals surface area contributed by atoms with Gasteiger partial charge in [0.05, 0.1) is 5.92 Å². The second-order valence-corrected chi connectivity index (χ2v) is 5.40. The molecule has 4 heteroatoms. The molecule has 1 fully saturated rings. The Balaban J connectivity index is 1.92. The highest BCUT2D eigenvalue weighted by Crippen LogP contribution is 2.20. The molecular weight excluding hydrogens is 243 g/mol. The first-order valence-corrected chi connectivity index (χ1v) is 6.87. The van der Waals surface area contributed by atoms with Crippen LogP contribution in [0.3, 0.4) is 0 Å². The Hall–Kier alpha value is -1.42. The molecule has 1 aromatic carbocycles. The van der Waals surface area contributed by atoms with Crippen molar-refractivity contribution in [3.63, 3.8) is 0 Å². The van der Waals surface area contributed by atoms with Crippen LogP contribution in [0.5, 0.6) is 0 Å². The average Bonchev–Trinajstić information content (AvgIpc) is 2.40. The van der Waals surface area contributed by atoms with Crippen molar-refractivity contribution in [2.75, 3.05) is 0 Å². The van der Waals surface area contributed by atoms with Crippen molar-refractivity contribution < 1.29 is 9.18 Å². The highest BCUT2D eigenvalue weighted by molar-refractivity contribution is 5.83. The Kier molecular flexibility index (Phi) is 4.53. The topological polar surface area (TPSA) is 55.1 Å². The van der Waals surface area contributed by atoms with Crippen LogP contribution < -0.4 is 11.1 Å².